The molecule has 1 N–H and O–H groups in total. The third kappa shape index (κ3) is 4.59. The van der Waals surface area contributed by atoms with E-state index in [9.17, 15) is 4.79 Å². The average Bonchev–Trinajstić information content (AvgIpc) is 2.27. The Morgan fingerprint density at radius 2 is 2.33 bits per heavy atom. The molecule has 3 nitrogen and oxygen atoms in total. The first kappa shape index (κ1) is 12.4. The number of aliphatic hydroxyl groups is 1. The molecule has 0 amide bonds. The van der Waals surface area contributed by atoms with Crippen LogP contribution in [0, 0.1) is 0 Å². The first-order valence-electron chi connectivity index (χ1n) is 4.47. The highest BCUT2D eigenvalue weighted by Gasteiger charge is 2.05. The number of aliphatic hydroxyl groups excluding tert-OH is 1. The molecule has 1 aliphatic rings. The number of hydrogen-bond donors (Lipinski definition) is 1. The molecule has 0 fully saturated rings. The van der Waals surface area contributed by atoms with Crippen molar-refractivity contribution in [3.8, 4) is 0 Å². The monoisotopic (exact) mass is 244 g/mol. The summed E-state index contributed by atoms with van der Waals surface area (Å²) in [6, 6.07) is 0. The molecule has 82 valence electrons. The van der Waals surface area contributed by atoms with Gasteiger partial charge < -0.3 is 9.84 Å². The topological polar surface area (TPSA) is 46.5 Å². The lowest BCUT2D eigenvalue weighted by Crippen LogP contribution is -1.98. The Morgan fingerprint density at radius 3 is 2.87 bits per heavy atom. The first-order chi connectivity index (χ1) is 7.26. The lowest BCUT2D eigenvalue weighted by molar-refractivity contribution is -0.137. The summed E-state index contributed by atoms with van der Waals surface area (Å²) in [5.41, 5.74) is 0. The summed E-state index contributed by atoms with van der Waals surface area (Å²) < 4.78 is 4.75. The van der Waals surface area contributed by atoms with Gasteiger partial charge >= 0.3 is 5.97 Å². The first-order valence-corrected chi connectivity index (χ1v) is 6.62. The van der Waals surface area contributed by atoms with Crippen LogP contribution in [0.25, 0.3) is 0 Å². The summed E-state index contributed by atoms with van der Waals surface area (Å²) in [6.45, 7) is 2.22. The lowest BCUT2D eigenvalue weighted by Gasteiger charge is -2.07. The van der Waals surface area contributed by atoms with Crippen molar-refractivity contribution in [1.29, 1.82) is 0 Å². The number of hydrogen-bond acceptors (Lipinski definition) is 5. The molecule has 1 rings (SSSR count). The zero-order valence-corrected chi connectivity index (χ0v) is 9.94. The third-order valence-electron chi connectivity index (χ3n) is 1.50. The highest BCUT2D eigenvalue weighted by molar-refractivity contribution is 8.79. The standard InChI is InChI=1S/C10H12O3S2/c1-2-13-10(12)6-5-8-3-4-9(7-11)15-14-8/h3-6,11H,2,7H2,1H3. The van der Waals surface area contributed by atoms with E-state index in [1.807, 2.05) is 12.2 Å². The van der Waals surface area contributed by atoms with E-state index in [0.29, 0.717) is 6.61 Å². The smallest absolute Gasteiger partial charge is 0.330 e. The molecule has 0 saturated carbocycles. The van der Waals surface area contributed by atoms with E-state index < -0.39 is 0 Å². The Morgan fingerprint density at radius 1 is 1.53 bits per heavy atom. The maximum atomic E-state index is 11.0. The number of carbonyl (C=O) groups is 1. The largest absolute Gasteiger partial charge is 0.463 e. The van der Waals surface area contributed by atoms with Gasteiger partial charge in [-0.15, -0.1) is 0 Å². The van der Waals surface area contributed by atoms with Crippen molar-refractivity contribution < 1.29 is 14.6 Å². The van der Waals surface area contributed by atoms with Crippen LogP contribution in [-0.2, 0) is 9.53 Å². The van der Waals surface area contributed by atoms with Gasteiger partial charge in [-0.1, -0.05) is 21.6 Å². The molecule has 0 aromatic rings. The summed E-state index contributed by atoms with van der Waals surface area (Å²) >= 11 is 0. The predicted octanol–water partition coefficient (Wildman–Crippen LogP) is 2.26. The van der Waals surface area contributed by atoms with Crippen LogP contribution in [0.1, 0.15) is 6.92 Å². The van der Waals surface area contributed by atoms with Gasteiger partial charge in [0.15, 0.2) is 0 Å². The number of rotatable bonds is 4. The van der Waals surface area contributed by atoms with E-state index in [1.54, 1.807) is 13.0 Å². The fraction of sp³-hybridized carbons (Fsp3) is 0.300. The van der Waals surface area contributed by atoms with Crippen molar-refractivity contribution in [3.63, 3.8) is 0 Å². The van der Waals surface area contributed by atoms with E-state index in [-0.39, 0.29) is 12.6 Å². The summed E-state index contributed by atoms with van der Waals surface area (Å²) in [5, 5.41) is 8.84. The third-order valence-corrected chi connectivity index (χ3v) is 4.00. The molecule has 0 radical (unpaired) electrons. The van der Waals surface area contributed by atoms with E-state index >= 15 is 0 Å². The molecular formula is C10H12O3S2. The van der Waals surface area contributed by atoms with Gasteiger partial charge in [-0.05, 0) is 25.2 Å². The molecule has 0 bridgehead atoms. The fourth-order valence-electron chi connectivity index (χ4n) is 0.835. The maximum Gasteiger partial charge on any atom is 0.330 e. The Hall–Kier alpha value is -0.650. The van der Waals surface area contributed by atoms with Crippen molar-refractivity contribution in [2.24, 2.45) is 0 Å². The zero-order valence-electron chi connectivity index (χ0n) is 8.30. The highest BCUT2D eigenvalue weighted by atomic mass is 33.1. The number of esters is 1. The number of allylic oxidation sites excluding steroid dienone is 3. The van der Waals surface area contributed by atoms with Crippen LogP contribution < -0.4 is 0 Å². The van der Waals surface area contributed by atoms with Gasteiger partial charge in [-0.2, -0.15) is 0 Å². The molecule has 1 aliphatic heterocycles. The van der Waals surface area contributed by atoms with Crippen LogP contribution in [0.4, 0.5) is 0 Å². The van der Waals surface area contributed by atoms with Gasteiger partial charge in [0.1, 0.15) is 0 Å². The predicted molar refractivity (Wildman–Crippen MR) is 64.2 cm³/mol. The molecule has 0 aromatic carbocycles. The quantitative estimate of drug-likeness (QED) is 0.467. The minimum Gasteiger partial charge on any atom is -0.463 e. The molecular weight excluding hydrogens is 232 g/mol. The van der Waals surface area contributed by atoms with Gasteiger partial charge in [0, 0.05) is 15.9 Å². The van der Waals surface area contributed by atoms with Crippen molar-refractivity contribution in [2.75, 3.05) is 13.2 Å². The second-order valence-corrected chi connectivity index (χ2v) is 4.94. The minimum absolute atomic E-state index is 0.0586. The normalized spacial score (nSPS) is 16.1. The molecule has 15 heavy (non-hydrogen) atoms. The van der Waals surface area contributed by atoms with Gasteiger partial charge in [0.05, 0.1) is 13.2 Å². The maximum absolute atomic E-state index is 11.0. The van der Waals surface area contributed by atoms with Crippen molar-refractivity contribution in [3.05, 3.63) is 34.1 Å². The molecule has 0 aromatic heterocycles. The molecule has 0 aliphatic carbocycles. The van der Waals surface area contributed by atoms with Crippen LogP contribution >= 0.6 is 21.6 Å². The molecule has 0 atom stereocenters. The van der Waals surface area contributed by atoms with E-state index in [4.69, 9.17) is 9.84 Å². The summed E-state index contributed by atoms with van der Waals surface area (Å²) in [7, 11) is 3.00. The van der Waals surface area contributed by atoms with E-state index in [0.717, 1.165) is 9.81 Å². The molecule has 0 saturated heterocycles. The number of carbonyl (C=O) groups excluding carboxylic acids is 1. The Kier molecular flexibility index (Phi) is 5.60. The number of ether oxygens (including phenoxy) is 1. The van der Waals surface area contributed by atoms with Gasteiger partial charge in [0.25, 0.3) is 0 Å². The molecule has 1 heterocycles. The Balaban J connectivity index is 2.50. The second kappa shape index (κ2) is 6.76. The molecule has 5 heteroatoms. The van der Waals surface area contributed by atoms with Gasteiger partial charge in [-0.3, -0.25) is 0 Å². The Bertz CT molecular complexity index is 319. The van der Waals surface area contributed by atoms with Crippen LogP contribution in [0.3, 0.4) is 0 Å². The van der Waals surface area contributed by atoms with Crippen molar-refractivity contribution in [2.45, 2.75) is 6.92 Å². The average molecular weight is 244 g/mol. The molecule has 0 unspecified atom stereocenters. The van der Waals surface area contributed by atoms with Crippen LogP contribution in [0.15, 0.2) is 34.1 Å². The minimum atomic E-state index is -0.332. The van der Waals surface area contributed by atoms with Crippen LogP contribution in [-0.4, -0.2) is 24.3 Å². The van der Waals surface area contributed by atoms with E-state index in [1.165, 1.54) is 27.7 Å². The van der Waals surface area contributed by atoms with Gasteiger partial charge in [0.2, 0.25) is 0 Å². The SMILES string of the molecule is CCOC(=O)C=CC1=CC=C(CO)SS1. The van der Waals surface area contributed by atoms with Crippen LogP contribution in [0.2, 0.25) is 0 Å². The summed E-state index contributed by atoms with van der Waals surface area (Å²) in [6.07, 6.45) is 6.81. The molecule has 0 spiro atoms. The summed E-state index contributed by atoms with van der Waals surface area (Å²) in [4.78, 5) is 12.9. The van der Waals surface area contributed by atoms with E-state index in [2.05, 4.69) is 0 Å². The zero-order chi connectivity index (χ0) is 11.1. The van der Waals surface area contributed by atoms with Crippen molar-refractivity contribution in [1.82, 2.24) is 0 Å². The highest BCUT2D eigenvalue weighted by Crippen LogP contribution is 2.40. The van der Waals surface area contributed by atoms with Gasteiger partial charge in [-0.25, -0.2) is 4.79 Å². The van der Waals surface area contributed by atoms with Crippen LogP contribution in [0.5, 0.6) is 0 Å². The fourth-order valence-corrected chi connectivity index (χ4v) is 2.73. The van der Waals surface area contributed by atoms with Crippen molar-refractivity contribution >= 4 is 27.6 Å². The lowest BCUT2D eigenvalue weighted by atomic mass is 10.4. The second-order valence-electron chi connectivity index (χ2n) is 2.61. The summed E-state index contributed by atoms with van der Waals surface area (Å²) in [5.74, 6) is -0.332. The Labute approximate surface area is 96.7 Å².